The van der Waals surface area contributed by atoms with Gasteiger partial charge in [-0.3, -0.25) is 0 Å². The molecule has 0 radical (unpaired) electrons. The van der Waals surface area contributed by atoms with E-state index in [0.29, 0.717) is 23.4 Å². The molecule has 0 aromatic heterocycles. The predicted octanol–water partition coefficient (Wildman–Crippen LogP) is 4.18. The fourth-order valence-corrected chi connectivity index (χ4v) is 1.86. The minimum atomic E-state index is -0.397. The van der Waals surface area contributed by atoms with Crippen molar-refractivity contribution < 1.29 is 13.5 Å². The summed E-state index contributed by atoms with van der Waals surface area (Å²) in [5, 5.41) is 3.10. The molecule has 0 unspecified atom stereocenters. The van der Waals surface area contributed by atoms with Crippen molar-refractivity contribution in [3.8, 4) is 11.5 Å². The molecule has 20 heavy (non-hydrogen) atoms. The van der Waals surface area contributed by atoms with Crippen molar-refractivity contribution in [3.05, 3.63) is 59.2 Å². The molecule has 0 spiro atoms. The van der Waals surface area contributed by atoms with Crippen molar-refractivity contribution in [2.24, 2.45) is 0 Å². The highest BCUT2D eigenvalue weighted by molar-refractivity contribution is 5.40. The van der Waals surface area contributed by atoms with E-state index in [4.69, 9.17) is 4.74 Å². The van der Waals surface area contributed by atoms with Crippen LogP contribution in [-0.2, 0) is 6.54 Å². The maximum atomic E-state index is 13.9. The third-order valence-corrected chi connectivity index (χ3v) is 2.96. The molecule has 0 aliphatic carbocycles. The van der Waals surface area contributed by atoms with Gasteiger partial charge < -0.3 is 10.1 Å². The summed E-state index contributed by atoms with van der Waals surface area (Å²) >= 11 is 0. The molecule has 2 aromatic rings. The van der Waals surface area contributed by atoms with Crippen molar-refractivity contribution in [2.45, 2.75) is 20.4 Å². The van der Waals surface area contributed by atoms with Crippen LogP contribution >= 0.6 is 0 Å². The van der Waals surface area contributed by atoms with Crippen LogP contribution in [0, 0.1) is 18.6 Å². The molecule has 0 aliphatic heterocycles. The number of ether oxygens (including phenoxy) is 1. The molecule has 0 fully saturated rings. The summed E-state index contributed by atoms with van der Waals surface area (Å²) in [6.45, 7) is 4.86. The highest BCUT2D eigenvalue weighted by Crippen LogP contribution is 2.29. The molecule has 2 aromatic carbocycles. The van der Waals surface area contributed by atoms with Gasteiger partial charge in [0.1, 0.15) is 11.6 Å². The summed E-state index contributed by atoms with van der Waals surface area (Å²) in [7, 11) is 0. The first-order valence-electron chi connectivity index (χ1n) is 6.54. The monoisotopic (exact) mass is 277 g/mol. The van der Waals surface area contributed by atoms with Crippen molar-refractivity contribution in [2.75, 3.05) is 6.54 Å². The Morgan fingerprint density at radius 3 is 2.65 bits per heavy atom. The zero-order chi connectivity index (χ0) is 14.5. The molecule has 106 valence electrons. The lowest BCUT2D eigenvalue weighted by Gasteiger charge is -2.13. The average molecular weight is 277 g/mol. The number of aryl methyl sites for hydroxylation is 1. The molecule has 0 heterocycles. The van der Waals surface area contributed by atoms with Crippen molar-refractivity contribution in [1.29, 1.82) is 0 Å². The molecule has 2 rings (SSSR count). The van der Waals surface area contributed by atoms with Gasteiger partial charge >= 0.3 is 0 Å². The number of hydrogen-bond acceptors (Lipinski definition) is 2. The highest BCUT2D eigenvalue weighted by atomic mass is 19.1. The lowest BCUT2D eigenvalue weighted by atomic mass is 10.2. The van der Waals surface area contributed by atoms with Gasteiger partial charge in [-0.25, -0.2) is 8.78 Å². The fraction of sp³-hybridized carbons (Fsp3) is 0.250. The molecule has 0 saturated heterocycles. The molecule has 2 nitrogen and oxygen atoms in total. The largest absolute Gasteiger partial charge is 0.454 e. The van der Waals surface area contributed by atoms with Crippen molar-refractivity contribution >= 4 is 0 Å². The molecular weight excluding hydrogens is 260 g/mol. The van der Waals surface area contributed by atoms with Gasteiger partial charge in [0.2, 0.25) is 0 Å². The zero-order valence-electron chi connectivity index (χ0n) is 11.5. The zero-order valence-corrected chi connectivity index (χ0v) is 11.5. The molecule has 0 bridgehead atoms. The van der Waals surface area contributed by atoms with Gasteiger partial charge in [-0.2, -0.15) is 0 Å². The van der Waals surface area contributed by atoms with Crippen molar-refractivity contribution in [3.63, 3.8) is 0 Å². The van der Waals surface area contributed by atoms with Crippen LogP contribution in [-0.4, -0.2) is 6.54 Å². The summed E-state index contributed by atoms with van der Waals surface area (Å²) in [6, 6.07) is 9.17. The first kappa shape index (κ1) is 14.5. The second-order valence-electron chi connectivity index (χ2n) is 4.52. The first-order chi connectivity index (χ1) is 9.61. The number of halogens is 2. The Kier molecular flexibility index (Phi) is 4.69. The van der Waals surface area contributed by atoms with E-state index in [9.17, 15) is 8.78 Å². The minimum absolute atomic E-state index is 0.148. The Labute approximate surface area is 117 Å². The molecule has 0 atom stereocenters. The van der Waals surface area contributed by atoms with Crippen LogP contribution in [0.25, 0.3) is 0 Å². The molecule has 0 saturated carbocycles. The van der Waals surface area contributed by atoms with E-state index in [1.54, 1.807) is 25.1 Å². The van der Waals surface area contributed by atoms with Crippen LogP contribution in [0.15, 0.2) is 36.4 Å². The van der Waals surface area contributed by atoms with Crippen LogP contribution in [0.2, 0.25) is 0 Å². The van der Waals surface area contributed by atoms with Gasteiger partial charge in [0.15, 0.2) is 11.6 Å². The van der Waals surface area contributed by atoms with Gasteiger partial charge in [-0.05, 0) is 43.3 Å². The van der Waals surface area contributed by atoms with Gasteiger partial charge in [0, 0.05) is 12.1 Å². The Hall–Kier alpha value is -1.94. The second-order valence-corrected chi connectivity index (χ2v) is 4.52. The van der Waals surface area contributed by atoms with E-state index in [1.807, 2.05) is 6.92 Å². The topological polar surface area (TPSA) is 21.3 Å². The Bertz CT molecular complexity index is 599. The van der Waals surface area contributed by atoms with Crippen molar-refractivity contribution in [1.82, 2.24) is 5.32 Å². The number of benzene rings is 2. The third-order valence-electron chi connectivity index (χ3n) is 2.96. The minimum Gasteiger partial charge on any atom is -0.454 e. The van der Waals surface area contributed by atoms with Crippen LogP contribution in [0.5, 0.6) is 11.5 Å². The van der Waals surface area contributed by atoms with Crippen LogP contribution in [0.3, 0.4) is 0 Å². The summed E-state index contributed by atoms with van der Waals surface area (Å²) in [4.78, 5) is 0. The predicted molar refractivity (Wildman–Crippen MR) is 75.0 cm³/mol. The lowest BCUT2D eigenvalue weighted by Crippen LogP contribution is -2.12. The smallest absolute Gasteiger partial charge is 0.168 e. The van der Waals surface area contributed by atoms with Crippen LogP contribution in [0.1, 0.15) is 18.1 Å². The van der Waals surface area contributed by atoms with E-state index in [2.05, 4.69) is 5.32 Å². The maximum absolute atomic E-state index is 13.9. The normalized spacial score (nSPS) is 10.6. The number of hydrogen-bond donors (Lipinski definition) is 1. The van der Waals surface area contributed by atoms with E-state index in [1.165, 1.54) is 18.2 Å². The molecule has 0 aliphatic rings. The van der Waals surface area contributed by atoms with Gasteiger partial charge in [0.25, 0.3) is 0 Å². The lowest BCUT2D eigenvalue weighted by molar-refractivity contribution is 0.432. The fourth-order valence-electron chi connectivity index (χ4n) is 1.86. The van der Waals surface area contributed by atoms with Gasteiger partial charge in [-0.1, -0.05) is 19.1 Å². The molecule has 4 heteroatoms. The Balaban J connectivity index is 2.30. The van der Waals surface area contributed by atoms with Gasteiger partial charge in [0.05, 0.1) is 0 Å². The van der Waals surface area contributed by atoms with E-state index >= 15 is 0 Å². The van der Waals surface area contributed by atoms with Crippen LogP contribution < -0.4 is 10.1 Å². The van der Waals surface area contributed by atoms with E-state index in [-0.39, 0.29) is 11.6 Å². The Morgan fingerprint density at radius 2 is 1.90 bits per heavy atom. The average Bonchev–Trinajstić information content (AvgIpc) is 2.44. The summed E-state index contributed by atoms with van der Waals surface area (Å²) < 4.78 is 32.8. The summed E-state index contributed by atoms with van der Waals surface area (Å²) in [6.07, 6.45) is 0. The molecule has 0 amide bonds. The highest BCUT2D eigenvalue weighted by Gasteiger charge is 2.10. The van der Waals surface area contributed by atoms with Gasteiger partial charge in [-0.15, -0.1) is 0 Å². The summed E-state index contributed by atoms with van der Waals surface area (Å²) in [5.41, 5.74) is 1.17. The number of rotatable bonds is 5. The quantitative estimate of drug-likeness (QED) is 0.885. The molecular formula is C16H17F2NO. The Morgan fingerprint density at radius 1 is 1.10 bits per heavy atom. The maximum Gasteiger partial charge on any atom is 0.168 e. The molecule has 1 N–H and O–H groups in total. The van der Waals surface area contributed by atoms with E-state index < -0.39 is 5.82 Å². The SMILES string of the molecule is CCNCc1cc(F)ccc1Oc1cccc(C)c1F. The van der Waals surface area contributed by atoms with Crippen LogP contribution in [0.4, 0.5) is 8.78 Å². The van der Waals surface area contributed by atoms with E-state index in [0.717, 1.165) is 6.54 Å². The summed E-state index contributed by atoms with van der Waals surface area (Å²) in [5.74, 6) is -0.132. The third kappa shape index (κ3) is 3.33. The number of nitrogens with one attached hydrogen (secondary N) is 1. The first-order valence-corrected chi connectivity index (χ1v) is 6.54. The second kappa shape index (κ2) is 6.48. The standard InChI is InChI=1S/C16H17F2NO/c1-3-19-10-12-9-13(17)7-8-14(12)20-15-6-4-5-11(2)16(15)18/h4-9,19H,3,10H2,1-2H3.